The molecular weight excluding hydrogens is 1160 g/mol. The molecule has 522 valence electrons. The summed E-state index contributed by atoms with van der Waals surface area (Å²) in [6, 6.07) is 0. The van der Waals surface area contributed by atoms with Gasteiger partial charge in [0.1, 0.15) is 19.3 Å². The summed E-state index contributed by atoms with van der Waals surface area (Å²) >= 11 is 0. The molecule has 0 radical (unpaired) electrons. The molecule has 3 N–H and O–H groups in total. The maximum atomic E-state index is 13.0. The van der Waals surface area contributed by atoms with E-state index in [9.17, 15) is 43.2 Å². The Morgan fingerprint density at radius 3 is 0.705 bits per heavy atom. The molecule has 5 atom stereocenters. The van der Waals surface area contributed by atoms with Crippen LogP contribution in [0.1, 0.15) is 338 Å². The number of aliphatic hydroxyl groups excluding tert-OH is 1. The lowest BCUT2D eigenvalue weighted by Crippen LogP contribution is -2.30. The van der Waals surface area contributed by atoms with Crippen LogP contribution in [0.3, 0.4) is 0 Å². The maximum Gasteiger partial charge on any atom is 0.472 e. The summed E-state index contributed by atoms with van der Waals surface area (Å²) in [7, 11) is -9.90. The number of esters is 4. The zero-order chi connectivity index (χ0) is 65.4. The van der Waals surface area contributed by atoms with Gasteiger partial charge in [-0.15, -0.1) is 0 Å². The first-order valence-corrected chi connectivity index (χ1v) is 38.7. The average molecular weight is 1300 g/mol. The van der Waals surface area contributed by atoms with E-state index in [2.05, 4.69) is 55.4 Å². The minimum absolute atomic E-state index is 0.101. The van der Waals surface area contributed by atoms with Crippen LogP contribution in [-0.4, -0.2) is 96.7 Å². The molecule has 0 saturated heterocycles. The second kappa shape index (κ2) is 58.8. The van der Waals surface area contributed by atoms with Crippen LogP contribution < -0.4 is 0 Å². The van der Waals surface area contributed by atoms with Crippen LogP contribution in [0.15, 0.2) is 0 Å². The number of hydrogen-bond acceptors (Lipinski definition) is 15. The van der Waals surface area contributed by atoms with Crippen molar-refractivity contribution in [2.24, 2.45) is 23.7 Å². The van der Waals surface area contributed by atoms with E-state index < -0.39 is 97.5 Å². The topological polar surface area (TPSA) is 237 Å². The van der Waals surface area contributed by atoms with Crippen LogP contribution in [0.2, 0.25) is 0 Å². The highest BCUT2D eigenvalue weighted by atomic mass is 31.2. The van der Waals surface area contributed by atoms with Gasteiger partial charge in [-0.1, -0.05) is 287 Å². The van der Waals surface area contributed by atoms with Gasteiger partial charge >= 0.3 is 39.5 Å². The molecule has 88 heavy (non-hydrogen) atoms. The zero-order valence-corrected chi connectivity index (χ0v) is 59.1. The molecule has 0 spiro atoms. The van der Waals surface area contributed by atoms with Gasteiger partial charge in [0.15, 0.2) is 12.2 Å². The number of rotatable bonds is 66. The van der Waals surface area contributed by atoms with Crippen molar-refractivity contribution in [3.63, 3.8) is 0 Å². The van der Waals surface area contributed by atoms with Gasteiger partial charge in [-0.25, -0.2) is 9.13 Å². The van der Waals surface area contributed by atoms with Crippen molar-refractivity contribution in [2.75, 3.05) is 39.6 Å². The molecule has 0 aromatic heterocycles. The third-order valence-corrected chi connectivity index (χ3v) is 17.7. The molecule has 0 fully saturated rings. The van der Waals surface area contributed by atoms with Crippen molar-refractivity contribution in [2.45, 2.75) is 356 Å². The first-order valence-electron chi connectivity index (χ1n) is 35.7. The molecule has 19 heteroatoms. The molecule has 0 aromatic carbocycles. The Hall–Kier alpha value is -1.94. The maximum absolute atomic E-state index is 13.0. The van der Waals surface area contributed by atoms with Crippen LogP contribution in [0.5, 0.6) is 0 Å². The third-order valence-electron chi connectivity index (χ3n) is 15.8. The number of carbonyl (C=O) groups is 4. The summed E-state index contributed by atoms with van der Waals surface area (Å²) in [5.74, 6) is 0.766. The number of phosphoric acid groups is 2. The molecule has 0 saturated carbocycles. The van der Waals surface area contributed by atoms with Crippen LogP contribution >= 0.6 is 15.6 Å². The predicted octanol–water partition coefficient (Wildman–Crippen LogP) is 19.3. The zero-order valence-electron chi connectivity index (χ0n) is 57.3. The van der Waals surface area contributed by atoms with E-state index in [-0.39, 0.29) is 25.7 Å². The molecule has 0 aliphatic carbocycles. The van der Waals surface area contributed by atoms with E-state index in [1.165, 1.54) is 135 Å². The Morgan fingerprint density at radius 2 is 0.477 bits per heavy atom. The van der Waals surface area contributed by atoms with Gasteiger partial charge in [0.05, 0.1) is 26.4 Å². The lowest BCUT2D eigenvalue weighted by molar-refractivity contribution is -0.161. The highest BCUT2D eigenvalue weighted by molar-refractivity contribution is 7.47. The quantitative estimate of drug-likeness (QED) is 0.0222. The van der Waals surface area contributed by atoms with Crippen molar-refractivity contribution in [3.05, 3.63) is 0 Å². The first-order chi connectivity index (χ1) is 42.1. The largest absolute Gasteiger partial charge is 0.472 e. The van der Waals surface area contributed by atoms with E-state index >= 15 is 0 Å². The van der Waals surface area contributed by atoms with Gasteiger partial charge in [0.25, 0.3) is 0 Å². The Labute approximate surface area is 537 Å². The Balaban J connectivity index is 5.22. The Bertz CT molecular complexity index is 1750. The van der Waals surface area contributed by atoms with E-state index in [0.717, 1.165) is 108 Å². The number of aliphatic hydroxyl groups is 1. The van der Waals surface area contributed by atoms with Crippen LogP contribution in [0.25, 0.3) is 0 Å². The van der Waals surface area contributed by atoms with Crippen LogP contribution in [0, 0.1) is 23.7 Å². The second-order valence-corrected chi connectivity index (χ2v) is 29.7. The van der Waals surface area contributed by atoms with Gasteiger partial charge in [0.2, 0.25) is 0 Å². The van der Waals surface area contributed by atoms with E-state index in [1.54, 1.807) is 0 Å². The summed E-state index contributed by atoms with van der Waals surface area (Å²) in [4.78, 5) is 72.4. The molecule has 0 amide bonds. The molecule has 2 unspecified atom stereocenters. The van der Waals surface area contributed by atoms with Gasteiger partial charge in [-0.2, -0.15) is 0 Å². The van der Waals surface area contributed by atoms with Gasteiger partial charge in [-0.3, -0.25) is 37.3 Å². The summed E-state index contributed by atoms with van der Waals surface area (Å²) in [5.41, 5.74) is 0. The summed E-state index contributed by atoms with van der Waals surface area (Å²) in [6.45, 7) is 14.0. The number of phosphoric ester groups is 2. The molecule has 0 aliphatic rings. The fraction of sp³-hybridized carbons (Fsp3) is 0.942. The SMILES string of the molecule is CC(C)CCCCCCCCCCCCCCCCC(=O)O[C@H](COC(=O)CCCCCCCCCCCCC(C)C)COP(=O)(O)OC[C@@H](O)COP(=O)(O)OC[C@@H](COC(=O)CCCCCCCCC(C)C)OC(=O)CCCCCCCCC(C)C. The highest BCUT2D eigenvalue weighted by Gasteiger charge is 2.30. The Morgan fingerprint density at radius 1 is 0.284 bits per heavy atom. The monoisotopic (exact) mass is 1300 g/mol. The normalized spacial score (nSPS) is 14.3. The fourth-order valence-electron chi connectivity index (χ4n) is 10.3. The number of hydrogen-bond donors (Lipinski definition) is 3. The molecular formula is C69H134O17P2. The second-order valence-electron chi connectivity index (χ2n) is 26.8. The minimum atomic E-state index is -4.95. The molecule has 0 bridgehead atoms. The first kappa shape index (κ1) is 86.1. The van der Waals surface area contributed by atoms with Gasteiger partial charge in [0, 0.05) is 25.7 Å². The molecule has 0 heterocycles. The fourth-order valence-corrected chi connectivity index (χ4v) is 11.9. The van der Waals surface area contributed by atoms with E-state index in [0.29, 0.717) is 37.5 Å². The van der Waals surface area contributed by atoms with Crippen molar-refractivity contribution < 1.29 is 80.2 Å². The van der Waals surface area contributed by atoms with Crippen molar-refractivity contribution in [1.82, 2.24) is 0 Å². The van der Waals surface area contributed by atoms with E-state index in [4.69, 9.17) is 37.0 Å². The summed E-state index contributed by atoms with van der Waals surface area (Å²) in [5, 5.41) is 10.6. The third kappa shape index (κ3) is 62.8. The minimum Gasteiger partial charge on any atom is -0.462 e. The van der Waals surface area contributed by atoms with Crippen molar-refractivity contribution in [3.8, 4) is 0 Å². The summed E-state index contributed by atoms with van der Waals surface area (Å²) in [6.07, 6.45) is 40.7. The lowest BCUT2D eigenvalue weighted by atomic mass is 10.0. The smallest absolute Gasteiger partial charge is 0.462 e. The van der Waals surface area contributed by atoms with Crippen LogP contribution in [0.4, 0.5) is 0 Å². The molecule has 17 nitrogen and oxygen atoms in total. The standard InChI is InChI=1S/C69H134O17P2/c1-59(2)45-37-29-21-17-13-11-9-10-12-14-20-24-35-43-51-68(73)85-64(55-79-66(71)49-41-33-23-19-16-15-18-22-30-38-46-60(3)4)57-83-87(75,76)81-53-63(70)54-82-88(77,78)84-58-65(86-69(74)52-44-36-28-26-32-40-48-62(7)8)56-80-67(72)50-42-34-27-25-31-39-47-61(5)6/h59-65,70H,9-58H2,1-8H3,(H,75,76)(H,77,78)/t63-,64-,65-/m1/s1. The number of carbonyl (C=O) groups excluding carboxylic acids is 4. The van der Waals surface area contributed by atoms with Crippen molar-refractivity contribution in [1.29, 1.82) is 0 Å². The van der Waals surface area contributed by atoms with Gasteiger partial charge < -0.3 is 33.8 Å². The van der Waals surface area contributed by atoms with E-state index in [1.807, 2.05) is 0 Å². The molecule has 0 aliphatic heterocycles. The highest BCUT2D eigenvalue weighted by Crippen LogP contribution is 2.45. The number of ether oxygens (including phenoxy) is 4. The Kier molecular flexibility index (Phi) is 57.6. The van der Waals surface area contributed by atoms with Crippen molar-refractivity contribution >= 4 is 39.5 Å². The molecule has 0 aromatic rings. The summed E-state index contributed by atoms with van der Waals surface area (Å²) < 4.78 is 68.1. The van der Waals surface area contributed by atoms with Gasteiger partial charge in [-0.05, 0) is 49.4 Å². The predicted molar refractivity (Wildman–Crippen MR) is 354 cm³/mol. The number of unbranched alkanes of at least 4 members (excludes halogenated alkanes) is 32. The average Bonchev–Trinajstić information content (AvgIpc) is 3.56. The lowest BCUT2D eigenvalue weighted by Gasteiger charge is -2.21. The van der Waals surface area contributed by atoms with Crippen LogP contribution in [-0.2, 0) is 65.4 Å². The molecule has 0 rings (SSSR count).